The van der Waals surface area contributed by atoms with Crippen LogP contribution in [0.5, 0.6) is 0 Å². The van der Waals surface area contributed by atoms with Gasteiger partial charge < -0.3 is 10.3 Å². The van der Waals surface area contributed by atoms with E-state index in [9.17, 15) is 9.18 Å². The van der Waals surface area contributed by atoms with E-state index in [1.54, 1.807) is 36.7 Å². The fraction of sp³-hybridized carbons (Fsp3) is 0.125. The number of benzene rings is 2. The molecule has 2 N–H and O–H groups in total. The number of hydrogen-bond acceptors (Lipinski definition) is 2. The van der Waals surface area contributed by atoms with Crippen LogP contribution in [0.15, 0.2) is 48.8 Å². The number of hydrogen-bond donors (Lipinski definition) is 2. The number of amides is 1. The first-order valence-corrected chi connectivity index (χ1v) is 6.69. The van der Waals surface area contributed by atoms with Crippen LogP contribution < -0.4 is 5.32 Å². The summed E-state index contributed by atoms with van der Waals surface area (Å²) in [5, 5.41) is 2.80. The van der Waals surface area contributed by atoms with E-state index in [2.05, 4.69) is 15.3 Å². The first kappa shape index (κ1) is 13.3. The highest BCUT2D eigenvalue weighted by Crippen LogP contribution is 2.14. The average Bonchev–Trinajstić information content (AvgIpc) is 2.97. The second kappa shape index (κ2) is 5.75. The Morgan fingerprint density at radius 1 is 1.19 bits per heavy atom. The lowest BCUT2D eigenvalue weighted by molar-refractivity contribution is 0.0955. The minimum Gasteiger partial charge on any atom is -0.352 e. The van der Waals surface area contributed by atoms with Crippen molar-refractivity contribution in [1.29, 1.82) is 0 Å². The summed E-state index contributed by atoms with van der Waals surface area (Å²) in [5.41, 5.74) is 2.57. The molecule has 5 heteroatoms. The molecule has 0 unspecified atom stereocenters. The summed E-state index contributed by atoms with van der Waals surface area (Å²) < 4.78 is 13.5. The topological polar surface area (TPSA) is 57.8 Å². The molecule has 0 atom stereocenters. The number of aromatic amines is 1. The number of carbonyl (C=O) groups is 1. The quantitative estimate of drug-likeness (QED) is 0.773. The maximum absolute atomic E-state index is 13.5. The summed E-state index contributed by atoms with van der Waals surface area (Å²) in [6.07, 6.45) is 2.01. The van der Waals surface area contributed by atoms with Crippen molar-refractivity contribution in [3.63, 3.8) is 0 Å². The Bertz CT molecular complexity index is 782. The maximum Gasteiger partial charge on any atom is 0.253 e. The van der Waals surface area contributed by atoms with E-state index >= 15 is 0 Å². The molecule has 0 fully saturated rings. The van der Waals surface area contributed by atoms with Gasteiger partial charge in [0.15, 0.2) is 0 Å². The van der Waals surface area contributed by atoms with Crippen LogP contribution >= 0.6 is 0 Å². The van der Waals surface area contributed by atoms with Gasteiger partial charge in [0.2, 0.25) is 0 Å². The summed E-state index contributed by atoms with van der Waals surface area (Å²) in [6, 6.07) is 11.9. The van der Waals surface area contributed by atoms with Crippen molar-refractivity contribution in [3.05, 3.63) is 65.7 Å². The number of H-pyrrole nitrogens is 1. The molecule has 0 aliphatic rings. The summed E-state index contributed by atoms with van der Waals surface area (Å²) in [5.74, 6) is -0.454. The SMILES string of the molecule is O=C(NCCc1ccccc1F)c1cccc2[nH]cnc12. The molecule has 3 rings (SSSR count). The van der Waals surface area contributed by atoms with Crippen LogP contribution in [0.2, 0.25) is 0 Å². The fourth-order valence-corrected chi connectivity index (χ4v) is 2.26. The standard InChI is InChI=1S/C16H14FN3O/c17-13-6-2-1-4-11(13)8-9-18-16(21)12-5-3-7-14-15(12)20-10-19-14/h1-7,10H,8-9H2,(H,18,21)(H,19,20). The number of carbonyl (C=O) groups excluding carboxylic acids is 1. The Labute approximate surface area is 121 Å². The predicted molar refractivity (Wildman–Crippen MR) is 78.5 cm³/mol. The molecule has 0 saturated heterocycles. The van der Waals surface area contributed by atoms with Gasteiger partial charge >= 0.3 is 0 Å². The number of halogens is 1. The van der Waals surface area contributed by atoms with Gasteiger partial charge in [-0.3, -0.25) is 4.79 Å². The second-order valence-corrected chi connectivity index (χ2v) is 4.70. The molecular formula is C16H14FN3O. The van der Waals surface area contributed by atoms with Crippen LogP contribution in [-0.2, 0) is 6.42 Å². The second-order valence-electron chi connectivity index (χ2n) is 4.70. The zero-order valence-corrected chi connectivity index (χ0v) is 11.3. The summed E-state index contributed by atoms with van der Waals surface area (Å²) in [6.45, 7) is 0.376. The summed E-state index contributed by atoms with van der Waals surface area (Å²) >= 11 is 0. The fourth-order valence-electron chi connectivity index (χ4n) is 2.26. The number of aromatic nitrogens is 2. The van der Waals surface area contributed by atoms with E-state index < -0.39 is 0 Å². The molecule has 0 bridgehead atoms. The molecule has 0 radical (unpaired) electrons. The molecule has 0 saturated carbocycles. The van der Waals surface area contributed by atoms with Crippen molar-refractivity contribution in [2.75, 3.05) is 6.54 Å². The van der Waals surface area contributed by atoms with E-state index in [4.69, 9.17) is 0 Å². The number of nitrogens with one attached hydrogen (secondary N) is 2. The van der Waals surface area contributed by atoms with Crippen LogP contribution in [0.3, 0.4) is 0 Å². The van der Waals surface area contributed by atoms with Gasteiger partial charge in [-0.1, -0.05) is 24.3 Å². The molecule has 2 aromatic carbocycles. The smallest absolute Gasteiger partial charge is 0.253 e. The highest BCUT2D eigenvalue weighted by Gasteiger charge is 2.11. The normalized spacial score (nSPS) is 10.7. The Morgan fingerprint density at radius 3 is 2.90 bits per heavy atom. The number of imidazole rings is 1. The zero-order valence-electron chi connectivity index (χ0n) is 11.3. The third-order valence-corrected chi connectivity index (χ3v) is 3.33. The van der Waals surface area contributed by atoms with Crippen LogP contribution in [0.25, 0.3) is 11.0 Å². The van der Waals surface area contributed by atoms with Crippen molar-refractivity contribution in [3.8, 4) is 0 Å². The van der Waals surface area contributed by atoms with E-state index in [-0.39, 0.29) is 11.7 Å². The van der Waals surface area contributed by atoms with Gasteiger partial charge in [-0.05, 0) is 30.2 Å². The lowest BCUT2D eigenvalue weighted by Gasteiger charge is -2.06. The van der Waals surface area contributed by atoms with Gasteiger partial charge in [0, 0.05) is 6.54 Å². The molecule has 21 heavy (non-hydrogen) atoms. The minimum absolute atomic E-state index is 0.205. The van der Waals surface area contributed by atoms with Crippen molar-refractivity contribution < 1.29 is 9.18 Å². The van der Waals surface area contributed by atoms with Gasteiger partial charge in [0.25, 0.3) is 5.91 Å². The van der Waals surface area contributed by atoms with Crippen molar-refractivity contribution in [2.45, 2.75) is 6.42 Å². The molecule has 0 aliphatic heterocycles. The average molecular weight is 283 g/mol. The first-order chi connectivity index (χ1) is 10.3. The van der Waals surface area contributed by atoms with Crippen LogP contribution in [0.4, 0.5) is 4.39 Å². The largest absolute Gasteiger partial charge is 0.352 e. The van der Waals surface area contributed by atoms with Crippen molar-refractivity contribution in [2.24, 2.45) is 0 Å². The number of rotatable bonds is 4. The summed E-state index contributed by atoms with van der Waals surface area (Å²) in [7, 11) is 0. The molecule has 0 aliphatic carbocycles. The molecule has 4 nitrogen and oxygen atoms in total. The van der Waals surface area contributed by atoms with E-state index in [1.807, 2.05) is 6.07 Å². The van der Waals surface area contributed by atoms with Gasteiger partial charge in [0.1, 0.15) is 11.3 Å². The Morgan fingerprint density at radius 2 is 2.05 bits per heavy atom. The monoisotopic (exact) mass is 283 g/mol. The summed E-state index contributed by atoms with van der Waals surface area (Å²) in [4.78, 5) is 19.3. The molecule has 1 aromatic heterocycles. The molecule has 3 aromatic rings. The van der Waals surface area contributed by atoms with Crippen LogP contribution in [0.1, 0.15) is 15.9 Å². The first-order valence-electron chi connectivity index (χ1n) is 6.69. The number of nitrogens with zero attached hydrogens (tertiary/aromatic N) is 1. The van der Waals surface area contributed by atoms with E-state index in [0.29, 0.717) is 29.6 Å². The van der Waals surface area contributed by atoms with Gasteiger partial charge in [0.05, 0.1) is 17.4 Å². The molecule has 106 valence electrons. The van der Waals surface area contributed by atoms with E-state index in [0.717, 1.165) is 5.52 Å². The molecule has 1 heterocycles. The van der Waals surface area contributed by atoms with Gasteiger partial charge in [-0.2, -0.15) is 0 Å². The molecule has 1 amide bonds. The number of para-hydroxylation sites is 1. The third kappa shape index (κ3) is 2.76. The Hall–Kier alpha value is -2.69. The lowest BCUT2D eigenvalue weighted by atomic mass is 10.1. The zero-order chi connectivity index (χ0) is 14.7. The Kier molecular flexibility index (Phi) is 3.64. The highest BCUT2D eigenvalue weighted by atomic mass is 19.1. The lowest BCUT2D eigenvalue weighted by Crippen LogP contribution is -2.26. The highest BCUT2D eigenvalue weighted by molar-refractivity contribution is 6.04. The predicted octanol–water partition coefficient (Wildman–Crippen LogP) is 2.67. The van der Waals surface area contributed by atoms with Crippen LogP contribution in [0, 0.1) is 5.82 Å². The maximum atomic E-state index is 13.5. The molecular weight excluding hydrogens is 269 g/mol. The third-order valence-electron chi connectivity index (χ3n) is 3.33. The van der Waals surface area contributed by atoms with E-state index in [1.165, 1.54) is 6.07 Å². The van der Waals surface area contributed by atoms with Crippen molar-refractivity contribution >= 4 is 16.9 Å². The van der Waals surface area contributed by atoms with Crippen molar-refractivity contribution in [1.82, 2.24) is 15.3 Å². The van der Waals surface area contributed by atoms with Gasteiger partial charge in [-0.25, -0.2) is 9.37 Å². The van der Waals surface area contributed by atoms with Gasteiger partial charge in [-0.15, -0.1) is 0 Å². The minimum atomic E-state index is -0.249. The van der Waals surface area contributed by atoms with Crippen LogP contribution in [-0.4, -0.2) is 22.4 Å². The molecule has 0 spiro atoms. The Balaban J connectivity index is 1.67. The number of fused-ring (bicyclic) bond motifs is 1.